The van der Waals surface area contributed by atoms with Gasteiger partial charge in [-0.3, -0.25) is 9.59 Å². The van der Waals surface area contributed by atoms with Gasteiger partial charge in [0.15, 0.2) is 0 Å². The molecule has 17 heavy (non-hydrogen) atoms. The Balaban J connectivity index is 3.88. The first-order chi connectivity index (χ1) is 7.93. The van der Waals surface area contributed by atoms with E-state index < -0.39 is 17.4 Å². The van der Waals surface area contributed by atoms with Crippen LogP contribution in [0.4, 0.5) is 0 Å². The Kier molecular flexibility index (Phi) is 7.94. The molecule has 0 aromatic heterocycles. The summed E-state index contributed by atoms with van der Waals surface area (Å²) in [6, 6.07) is 0. The summed E-state index contributed by atoms with van der Waals surface area (Å²) >= 11 is 1.47. The number of carbonyl (C=O) groups is 2. The van der Waals surface area contributed by atoms with Gasteiger partial charge in [0.05, 0.1) is 12.2 Å². The van der Waals surface area contributed by atoms with Gasteiger partial charge < -0.3 is 20.5 Å². The number of hydrogen-bond donors (Lipinski definition) is 3. The van der Waals surface area contributed by atoms with E-state index in [2.05, 4.69) is 10.6 Å². The minimum atomic E-state index is -1.01. The number of methoxy groups -OCH3 is 1. The predicted octanol–water partition coefficient (Wildman–Crippen LogP) is -1.02. The maximum Gasteiger partial charge on any atom is 0.309 e. The molecule has 0 saturated heterocycles. The van der Waals surface area contributed by atoms with Crippen LogP contribution in [0.5, 0.6) is 0 Å². The second-order valence-corrected chi connectivity index (χ2v) is 4.73. The minimum absolute atomic E-state index is 0.0460. The quantitative estimate of drug-likeness (QED) is 0.405. The zero-order chi connectivity index (χ0) is 13.3. The monoisotopic (exact) mass is 264 g/mol. The maximum atomic E-state index is 11.3. The van der Waals surface area contributed by atoms with Gasteiger partial charge in [-0.2, -0.15) is 11.8 Å². The molecule has 2 amide bonds. The highest BCUT2D eigenvalue weighted by molar-refractivity contribution is 7.98. The second kappa shape index (κ2) is 8.32. The third-order valence-electron chi connectivity index (χ3n) is 1.88. The number of amides is 2. The molecule has 0 aliphatic rings. The average molecular weight is 264 g/mol. The third-order valence-corrected chi connectivity index (χ3v) is 2.79. The van der Waals surface area contributed by atoms with Crippen molar-refractivity contribution in [2.24, 2.45) is 0 Å². The van der Waals surface area contributed by atoms with E-state index in [4.69, 9.17) is 4.74 Å². The summed E-state index contributed by atoms with van der Waals surface area (Å²) in [6.45, 7) is 2.28. The molecule has 0 aliphatic heterocycles. The first-order valence-electron chi connectivity index (χ1n) is 5.19. The summed E-state index contributed by atoms with van der Waals surface area (Å²) in [7, 11) is 1.51. The van der Waals surface area contributed by atoms with Crippen LogP contribution < -0.4 is 10.6 Å². The van der Waals surface area contributed by atoms with Crippen LogP contribution in [0.15, 0.2) is 0 Å². The molecule has 0 unspecified atom stereocenters. The zero-order valence-electron chi connectivity index (χ0n) is 10.4. The van der Waals surface area contributed by atoms with Gasteiger partial charge in [-0.05, 0) is 13.2 Å². The summed E-state index contributed by atoms with van der Waals surface area (Å²) in [6.07, 6.45) is 1.85. The Labute approximate surface area is 105 Å². The lowest BCUT2D eigenvalue weighted by molar-refractivity contribution is -0.139. The molecule has 0 heterocycles. The molecule has 0 bridgehead atoms. The maximum absolute atomic E-state index is 11.3. The summed E-state index contributed by atoms with van der Waals surface area (Å²) in [5.41, 5.74) is -1.01. The molecule has 6 nitrogen and oxygen atoms in total. The molecular formula is C10H20N2O4S. The van der Waals surface area contributed by atoms with Gasteiger partial charge in [-0.15, -0.1) is 0 Å². The molecule has 100 valence electrons. The minimum Gasteiger partial charge on any atom is -0.387 e. The summed E-state index contributed by atoms with van der Waals surface area (Å²) < 4.78 is 4.73. The molecular weight excluding hydrogens is 244 g/mol. The standard InChI is InChI=1S/C10H20N2O4S/c1-10(15,7-17-3)6-12-9(14)8(13)11-4-5-16-2/h15H,4-7H2,1-3H3,(H,11,13)(H,12,14)/t10-/m1/s1. The van der Waals surface area contributed by atoms with E-state index >= 15 is 0 Å². The van der Waals surface area contributed by atoms with Crippen LogP contribution in [-0.4, -0.2) is 61.3 Å². The highest BCUT2D eigenvalue weighted by Gasteiger charge is 2.22. The van der Waals surface area contributed by atoms with Gasteiger partial charge in [0.2, 0.25) is 0 Å². The lowest BCUT2D eigenvalue weighted by atomic mass is 10.1. The number of ether oxygens (including phenoxy) is 1. The molecule has 0 saturated carbocycles. The number of aliphatic hydroxyl groups is 1. The second-order valence-electron chi connectivity index (χ2n) is 3.86. The third kappa shape index (κ3) is 8.00. The lowest BCUT2D eigenvalue weighted by Gasteiger charge is -2.22. The van der Waals surface area contributed by atoms with E-state index in [1.165, 1.54) is 18.9 Å². The van der Waals surface area contributed by atoms with Crippen molar-refractivity contribution in [2.75, 3.05) is 38.8 Å². The molecule has 3 N–H and O–H groups in total. The molecule has 0 spiro atoms. The van der Waals surface area contributed by atoms with E-state index in [1.54, 1.807) is 6.92 Å². The van der Waals surface area contributed by atoms with Gasteiger partial charge >= 0.3 is 11.8 Å². The average Bonchev–Trinajstić information content (AvgIpc) is 2.26. The Hall–Kier alpha value is -0.790. The van der Waals surface area contributed by atoms with E-state index in [1.807, 2.05) is 6.26 Å². The summed E-state index contributed by atoms with van der Waals surface area (Å²) in [5.74, 6) is -0.983. The Bertz CT molecular complexity index is 259. The van der Waals surface area contributed by atoms with Gasteiger partial charge in [-0.25, -0.2) is 0 Å². The molecule has 0 aromatic carbocycles. The predicted molar refractivity (Wildman–Crippen MR) is 66.9 cm³/mol. The Morgan fingerprint density at radius 3 is 2.47 bits per heavy atom. The topological polar surface area (TPSA) is 87.7 Å². The Morgan fingerprint density at radius 2 is 1.94 bits per heavy atom. The van der Waals surface area contributed by atoms with Crippen molar-refractivity contribution in [2.45, 2.75) is 12.5 Å². The number of nitrogens with one attached hydrogen (secondary N) is 2. The van der Waals surface area contributed by atoms with Gasteiger partial charge in [0.25, 0.3) is 0 Å². The summed E-state index contributed by atoms with van der Waals surface area (Å²) in [5, 5.41) is 14.5. The first kappa shape index (κ1) is 16.2. The van der Waals surface area contributed by atoms with Crippen molar-refractivity contribution in [1.29, 1.82) is 0 Å². The van der Waals surface area contributed by atoms with E-state index in [9.17, 15) is 14.7 Å². The van der Waals surface area contributed by atoms with Crippen LogP contribution in [0.1, 0.15) is 6.92 Å². The molecule has 0 aromatic rings. The van der Waals surface area contributed by atoms with Crippen LogP contribution in [0.2, 0.25) is 0 Å². The van der Waals surface area contributed by atoms with Crippen LogP contribution in [0, 0.1) is 0 Å². The van der Waals surface area contributed by atoms with Crippen molar-refractivity contribution in [3.05, 3.63) is 0 Å². The van der Waals surface area contributed by atoms with Gasteiger partial charge in [0.1, 0.15) is 0 Å². The van der Waals surface area contributed by atoms with Crippen molar-refractivity contribution < 1.29 is 19.4 Å². The van der Waals surface area contributed by atoms with E-state index in [0.717, 1.165) is 0 Å². The van der Waals surface area contributed by atoms with Crippen molar-refractivity contribution in [1.82, 2.24) is 10.6 Å². The number of hydrogen-bond acceptors (Lipinski definition) is 5. The van der Waals surface area contributed by atoms with E-state index in [0.29, 0.717) is 12.4 Å². The fraction of sp³-hybridized carbons (Fsp3) is 0.800. The molecule has 0 fully saturated rings. The number of carbonyl (C=O) groups excluding carboxylic acids is 2. The SMILES string of the molecule is COCCNC(=O)C(=O)NC[C@@](C)(O)CSC. The lowest BCUT2D eigenvalue weighted by Crippen LogP contribution is -2.47. The number of rotatable bonds is 7. The highest BCUT2D eigenvalue weighted by atomic mass is 32.2. The zero-order valence-corrected chi connectivity index (χ0v) is 11.2. The Morgan fingerprint density at radius 1 is 1.35 bits per heavy atom. The van der Waals surface area contributed by atoms with Crippen LogP contribution in [0.25, 0.3) is 0 Å². The first-order valence-corrected chi connectivity index (χ1v) is 6.58. The summed E-state index contributed by atoms with van der Waals surface area (Å²) in [4.78, 5) is 22.5. The largest absolute Gasteiger partial charge is 0.387 e. The van der Waals surface area contributed by atoms with Gasteiger partial charge in [-0.1, -0.05) is 0 Å². The molecule has 0 rings (SSSR count). The van der Waals surface area contributed by atoms with Crippen molar-refractivity contribution in [3.63, 3.8) is 0 Å². The molecule has 0 aliphatic carbocycles. The van der Waals surface area contributed by atoms with Crippen molar-refractivity contribution >= 4 is 23.6 Å². The highest BCUT2D eigenvalue weighted by Crippen LogP contribution is 2.08. The molecule has 0 radical (unpaired) electrons. The van der Waals surface area contributed by atoms with E-state index in [-0.39, 0.29) is 13.1 Å². The molecule has 7 heteroatoms. The fourth-order valence-corrected chi connectivity index (χ4v) is 1.78. The van der Waals surface area contributed by atoms with Gasteiger partial charge in [0, 0.05) is 26.0 Å². The van der Waals surface area contributed by atoms with Crippen molar-refractivity contribution in [3.8, 4) is 0 Å². The van der Waals surface area contributed by atoms with Crippen LogP contribution in [0.3, 0.4) is 0 Å². The number of thioether (sulfide) groups is 1. The van der Waals surface area contributed by atoms with Crippen LogP contribution >= 0.6 is 11.8 Å². The smallest absolute Gasteiger partial charge is 0.309 e. The fourth-order valence-electron chi connectivity index (χ4n) is 1.06. The molecule has 1 atom stereocenters. The normalized spacial score (nSPS) is 13.9. The van der Waals surface area contributed by atoms with Crippen LogP contribution in [-0.2, 0) is 14.3 Å².